The van der Waals surface area contributed by atoms with Crippen molar-refractivity contribution in [3.8, 4) is 6.07 Å². The summed E-state index contributed by atoms with van der Waals surface area (Å²) in [5.74, 6) is 0. The first-order valence-corrected chi connectivity index (χ1v) is 3.94. The predicted molar refractivity (Wildman–Crippen MR) is 43.3 cm³/mol. The molecule has 0 atom stereocenters. The topological polar surface area (TPSA) is 66.6 Å². The van der Waals surface area contributed by atoms with Gasteiger partial charge in [0.15, 0.2) is 10.8 Å². The minimum Gasteiger partial charge on any atom is -0.287 e. The minimum absolute atomic E-state index is 0.0472. The highest BCUT2D eigenvalue weighted by molar-refractivity contribution is 8.13. The van der Waals surface area contributed by atoms with Crippen molar-refractivity contribution < 1.29 is 4.79 Å². The Morgan fingerprint density at radius 3 is 2.75 bits per heavy atom. The van der Waals surface area contributed by atoms with Gasteiger partial charge < -0.3 is 0 Å². The fraction of sp³-hybridized carbons (Fsp3) is 0.143. The summed E-state index contributed by atoms with van der Waals surface area (Å²) in [5, 5.41) is 8.85. The second-order valence-electron chi connectivity index (χ2n) is 1.95. The van der Waals surface area contributed by atoms with Gasteiger partial charge in [-0.3, -0.25) is 4.79 Å². The average molecular weight is 179 g/mol. The molecule has 60 valence electrons. The van der Waals surface area contributed by atoms with Gasteiger partial charge in [0.05, 0.1) is 12.4 Å². The Morgan fingerprint density at radius 2 is 2.33 bits per heavy atom. The Balaban J connectivity index is 2.80. The third-order valence-corrected chi connectivity index (χ3v) is 1.70. The van der Waals surface area contributed by atoms with E-state index in [1.807, 2.05) is 6.07 Å². The van der Waals surface area contributed by atoms with Gasteiger partial charge in [-0.2, -0.15) is 5.26 Å². The van der Waals surface area contributed by atoms with Crippen LogP contribution in [-0.2, 0) is 4.79 Å². The highest BCUT2D eigenvalue weighted by atomic mass is 32.2. The normalized spacial score (nSPS) is 9.00. The molecule has 4 nitrogen and oxygen atoms in total. The lowest BCUT2D eigenvalue weighted by Gasteiger charge is -1.93. The van der Waals surface area contributed by atoms with Gasteiger partial charge in [0, 0.05) is 6.92 Å². The first-order valence-electron chi connectivity index (χ1n) is 3.13. The van der Waals surface area contributed by atoms with Crippen LogP contribution in [0.5, 0.6) is 0 Å². The van der Waals surface area contributed by atoms with Crippen LogP contribution in [0.4, 0.5) is 0 Å². The summed E-state index contributed by atoms with van der Waals surface area (Å²) in [5.41, 5.74) is 0.253. The van der Waals surface area contributed by atoms with Gasteiger partial charge in [-0.15, -0.1) is 0 Å². The second-order valence-corrected chi connectivity index (χ2v) is 3.14. The maximum absolute atomic E-state index is 10.6. The standard InChI is InChI=1S/C7H5N3OS/c1-5(11)12-7-4-9-6(2-8)3-10-7/h3-4H,1H3. The van der Waals surface area contributed by atoms with Gasteiger partial charge in [-0.25, -0.2) is 9.97 Å². The van der Waals surface area contributed by atoms with E-state index in [0.717, 1.165) is 11.8 Å². The molecule has 0 unspecified atom stereocenters. The van der Waals surface area contributed by atoms with Gasteiger partial charge in [-0.05, 0) is 11.8 Å². The zero-order valence-electron chi connectivity index (χ0n) is 6.31. The van der Waals surface area contributed by atoms with Crippen LogP contribution in [0.1, 0.15) is 12.6 Å². The van der Waals surface area contributed by atoms with Crippen LogP contribution in [0.25, 0.3) is 0 Å². The van der Waals surface area contributed by atoms with Crippen LogP contribution >= 0.6 is 11.8 Å². The lowest BCUT2D eigenvalue weighted by atomic mass is 10.5. The van der Waals surface area contributed by atoms with Gasteiger partial charge in [0.1, 0.15) is 11.1 Å². The van der Waals surface area contributed by atoms with Crippen molar-refractivity contribution in [1.29, 1.82) is 5.26 Å². The van der Waals surface area contributed by atoms with Gasteiger partial charge in [-0.1, -0.05) is 0 Å². The predicted octanol–water partition coefficient (Wildman–Crippen LogP) is 0.987. The van der Waals surface area contributed by atoms with E-state index in [1.54, 1.807) is 0 Å². The highest BCUT2D eigenvalue weighted by Crippen LogP contribution is 2.13. The molecule has 1 heterocycles. The Labute approximate surface area is 73.6 Å². The van der Waals surface area contributed by atoms with Crippen molar-refractivity contribution in [2.45, 2.75) is 11.9 Å². The molecule has 0 N–H and O–H groups in total. The lowest BCUT2D eigenvalue weighted by Crippen LogP contribution is -1.89. The van der Waals surface area contributed by atoms with Crippen LogP contribution < -0.4 is 0 Å². The van der Waals surface area contributed by atoms with E-state index < -0.39 is 0 Å². The molecule has 1 aromatic heterocycles. The van der Waals surface area contributed by atoms with Crippen molar-refractivity contribution in [3.05, 3.63) is 18.1 Å². The molecular weight excluding hydrogens is 174 g/mol. The molecule has 0 aliphatic rings. The van der Waals surface area contributed by atoms with Gasteiger partial charge >= 0.3 is 0 Å². The molecule has 0 saturated heterocycles. The number of aromatic nitrogens is 2. The number of rotatable bonds is 1. The van der Waals surface area contributed by atoms with Crippen molar-refractivity contribution >= 4 is 16.9 Å². The molecule has 1 aromatic rings. The van der Waals surface area contributed by atoms with Crippen molar-refractivity contribution in [1.82, 2.24) is 9.97 Å². The monoisotopic (exact) mass is 179 g/mol. The van der Waals surface area contributed by atoms with E-state index in [1.165, 1.54) is 19.3 Å². The summed E-state index contributed by atoms with van der Waals surface area (Å²) in [7, 11) is 0. The first kappa shape index (κ1) is 8.68. The summed E-state index contributed by atoms with van der Waals surface area (Å²) in [4.78, 5) is 18.2. The van der Waals surface area contributed by atoms with Crippen molar-refractivity contribution in [2.75, 3.05) is 0 Å². The van der Waals surface area contributed by atoms with Crippen LogP contribution in [0.2, 0.25) is 0 Å². The lowest BCUT2D eigenvalue weighted by molar-refractivity contribution is -0.109. The number of hydrogen-bond acceptors (Lipinski definition) is 5. The number of hydrogen-bond donors (Lipinski definition) is 0. The smallest absolute Gasteiger partial charge is 0.192 e. The fourth-order valence-electron chi connectivity index (χ4n) is 0.574. The molecule has 0 aliphatic carbocycles. The van der Waals surface area contributed by atoms with Crippen molar-refractivity contribution in [3.63, 3.8) is 0 Å². The van der Waals surface area contributed by atoms with E-state index in [0.29, 0.717) is 5.03 Å². The summed E-state index contributed by atoms with van der Waals surface area (Å²) in [6.45, 7) is 1.45. The molecule has 5 heteroatoms. The third-order valence-electron chi connectivity index (χ3n) is 0.991. The Kier molecular flexibility index (Phi) is 2.77. The quantitative estimate of drug-likeness (QED) is 0.601. The molecule has 0 amide bonds. The molecule has 1 rings (SSSR count). The van der Waals surface area contributed by atoms with E-state index in [4.69, 9.17) is 5.26 Å². The van der Waals surface area contributed by atoms with Gasteiger partial charge in [0.25, 0.3) is 0 Å². The molecule has 0 saturated carbocycles. The zero-order valence-corrected chi connectivity index (χ0v) is 7.13. The van der Waals surface area contributed by atoms with Gasteiger partial charge in [0.2, 0.25) is 0 Å². The van der Waals surface area contributed by atoms with E-state index >= 15 is 0 Å². The maximum atomic E-state index is 10.6. The summed E-state index contributed by atoms with van der Waals surface area (Å²) >= 11 is 0.996. The molecule has 0 aromatic carbocycles. The van der Waals surface area contributed by atoms with Crippen LogP contribution in [-0.4, -0.2) is 15.1 Å². The van der Waals surface area contributed by atoms with E-state index in [2.05, 4.69) is 9.97 Å². The molecule has 0 fully saturated rings. The summed E-state index contributed by atoms with van der Waals surface area (Å²) in [6, 6.07) is 1.84. The Bertz CT molecular complexity index is 327. The largest absolute Gasteiger partial charge is 0.287 e. The van der Waals surface area contributed by atoms with E-state index in [-0.39, 0.29) is 10.8 Å². The Hall–Kier alpha value is -1.41. The average Bonchev–Trinajstić information content (AvgIpc) is 2.05. The second kappa shape index (κ2) is 3.83. The maximum Gasteiger partial charge on any atom is 0.192 e. The SMILES string of the molecule is CC(=O)Sc1cnc(C#N)cn1. The van der Waals surface area contributed by atoms with E-state index in [9.17, 15) is 4.79 Å². The third kappa shape index (κ3) is 2.32. The number of thioether (sulfide) groups is 1. The molecule has 0 spiro atoms. The van der Waals surface area contributed by atoms with Crippen LogP contribution in [0.15, 0.2) is 17.4 Å². The minimum atomic E-state index is -0.0472. The number of carbonyl (C=O) groups is 1. The number of nitriles is 1. The van der Waals surface area contributed by atoms with Crippen LogP contribution in [0, 0.1) is 11.3 Å². The molecule has 0 aliphatic heterocycles. The van der Waals surface area contributed by atoms with Crippen molar-refractivity contribution in [2.24, 2.45) is 0 Å². The number of carbonyl (C=O) groups excluding carboxylic acids is 1. The summed E-state index contributed by atoms with van der Waals surface area (Å²) < 4.78 is 0. The zero-order chi connectivity index (χ0) is 8.97. The molecular formula is C7H5N3OS. The molecule has 0 bridgehead atoms. The first-order chi connectivity index (χ1) is 5.72. The Morgan fingerprint density at radius 1 is 1.58 bits per heavy atom. The highest BCUT2D eigenvalue weighted by Gasteiger charge is 2.00. The number of nitrogens with zero attached hydrogens (tertiary/aromatic N) is 3. The van der Waals surface area contributed by atoms with Crippen LogP contribution in [0.3, 0.4) is 0 Å². The summed E-state index contributed by atoms with van der Waals surface area (Å²) in [6.07, 6.45) is 2.75. The fourth-order valence-corrected chi connectivity index (χ4v) is 1.08. The molecule has 12 heavy (non-hydrogen) atoms. The molecule has 0 radical (unpaired) electrons.